The zero-order valence-electron chi connectivity index (χ0n) is 18.3. The largest absolute Gasteiger partial charge is 0.322 e. The molecule has 6 heteroatoms. The summed E-state index contributed by atoms with van der Waals surface area (Å²) in [6.45, 7) is 6.40. The summed E-state index contributed by atoms with van der Waals surface area (Å²) in [7, 11) is 0. The van der Waals surface area contributed by atoms with Gasteiger partial charge in [0, 0.05) is 16.9 Å². The lowest BCUT2D eigenvalue weighted by molar-refractivity contribution is -0.115. The molecule has 0 unspecified atom stereocenters. The first-order valence-corrected chi connectivity index (χ1v) is 11.5. The molecule has 0 radical (unpaired) electrons. The van der Waals surface area contributed by atoms with Crippen LogP contribution in [0.3, 0.4) is 0 Å². The predicted molar refractivity (Wildman–Crippen MR) is 129 cm³/mol. The van der Waals surface area contributed by atoms with Crippen molar-refractivity contribution < 1.29 is 14.0 Å². The van der Waals surface area contributed by atoms with Crippen LogP contribution in [0.4, 0.5) is 15.8 Å². The Morgan fingerprint density at radius 1 is 1.03 bits per heavy atom. The molecule has 0 bridgehead atoms. The van der Waals surface area contributed by atoms with Gasteiger partial charge in [-0.2, -0.15) is 0 Å². The van der Waals surface area contributed by atoms with Crippen LogP contribution in [0.2, 0.25) is 0 Å². The average Bonchev–Trinajstić information content (AvgIpc) is 3.15. The van der Waals surface area contributed by atoms with Gasteiger partial charge in [-0.05, 0) is 59.0 Å². The molecular weight excluding hydrogens is 423 g/mol. The summed E-state index contributed by atoms with van der Waals surface area (Å²) in [5.74, 6) is -0.268. The number of carbonyl (C=O) groups is 2. The molecule has 0 aromatic heterocycles. The molecule has 164 valence electrons. The Kier molecular flexibility index (Phi) is 6.07. The summed E-state index contributed by atoms with van der Waals surface area (Å²) in [6.07, 6.45) is 0. The second-order valence-electron chi connectivity index (χ2n) is 8.81. The number of nitrogens with zero attached hydrogens (tertiary/aromatic N) is 1. The second-order valence-corrected chi connectivity index (χ2v) is 9.88. The first-order valence-electron chi connectivity index (χ1n) is 10.4. The van der Waals surface area contributed by atoms with Crippen LogP contribution in [0, 0.1) is 5.82 Å². The number of carbonyl (C=O) groups excluding carboxylic acids is 2. The van der Waals surface area contributed by atoms with Crippen molar-refractivity contribution in [1.82, 2.24) is 0 Å². The van der Waals surface area contributed by atoms with Crippen LogP contribution in [0.15, 0.2) is 72.8 Å². The lowest BCUT2D eigenvalue weighted by Gasteiger charge is -2.24. The normalized spacial score (nSPS) is 16.3. The Hall–Kier alpha value is -3.12. The summed E-state index contributed by atoms with van der Waals surface area (Å²) in [5, 5.41) is 2.68. The van der Waals surface area contributed by atoms with E-state index in [0.717, 1.165) is 5.56 Å². The first-order chi connectivity index (χ1) is 15.2. The number of anilines is 2. The van der Waals surface area contributed by atoms with Gasteiger partial charge in [0.1, 0.15) is 11.2 Å². The SMILES string of the molecule is CC(C)(C)c1ccc(C(=O)Nc2ccc([C@H]3SCC(=O)N3c3cccc(F)c3)cc2)cc1. The lowest BCUT2D eigenvalue weighted by atomic mass is 9.87. The molecule has 1 fully saturated rings. The Morgan fingerprint density at radius 3 is 2.34 bits per heavy atom. The van der Waals surface area contributed by atoms with Crippen LogP contribution in [0.5, 0.6) is 0 Å². The molecule has 4 rings (SSSR count). The molecule has 32 heavy (non-hydrogen) atoms. The summed E-state index contributed by atoms with van der Waals surface area (Å²) >= 11 is 1.50. The molecule has 1 aliphatic heterocycles. The van der Waals surface area contributed by atoms with Crippen molar-refractivity contribution in [3.05, 3.63) is 95.3 Å². The minimum absolute atomic E-state index is 0.0316. The highest BCUT2D eigenvalue weighted by molar-refractivity contribution is 8.00. The van der Waals surface area contributed by atoms with E-state index in [9.17, 15) is 14.0 Å². The summed E-state index contributed by atoms with van der Waals surface area (Å²) < 4.78 is 13.7. The van der Waals surface area contributed by atoms with Crippen molar-refractivity contribution in [2.45, 2.75) is 31.6 Å². The molecule has 0 saturated carbocycles. The van der Waals surface area contributed by atoms with Gasteiger partial charge >= 0.3 is 0 Å². The van der Waals surface area contributed by atoms with Crippen molar-refractivity contribution >= 4 is 35.0 Å². The van der Waals surface area contributed by atoms with E-state index >= 15 is 0 Å². The third-order valence-electron chi connectivity index (χ3n) is 5.42. The molecule has 1 saturated heterocycles. The molecule has 1 N–H and O–H groups in total. The molecule has 4 nitrogen and oxygen atoms in total. The molecule has 1 heterocycles. The molecule has 3 aromatic carbocycles. The van der Waals surface area contributed by atoms with Gasteiger partial charge in [0.15, 0.2) is 0 Å². The zero-order valence-corrected chi connectivity index (χ0v) is 19.1. The smallest absolute Gasteiger partial charge is 0.255 e. The van der Waals surface area contributed by atoms with E-state index in [1.165, 1.54) is 29.5 Å². The van der Waals surface area contributed by atoms with Crippen LogP contribution in [-0.4, -0.2) is 17.6 Å². The average molecular weight is 449 g/mol. The van der Waals surface area contributed by atoms with Crippen molar-refractivity contribution in [2.24, 2.45) is 0 Å². The fourth-order valence-corrected chi connectivity index (χ4v) is 4.81. The topological polar surface area (TPSA) is 49.4 Å². The summed E-state index contributed by atoms with van der Waals surface area (Å²) in [6, 6.07) is 21.1. The van der Waals surface area contributed by atoms with Gasteiger partial charge < -0.3 is 5.32 Å². The number of halogens is 1. The van der Waals surface area contributed by atoms with Crippen molar-refractivity contribution in [2.75, 3.05) is 16.0 Å². The zero-order chi connectivity index (χ0) is 22.9. The third-order valence-corrected chi connectivity index (χ3v) is 6.63. The number of hydrogen-bond donors (Lipinski definition) is 1. The first kappa shape index (κ1) is 22.1. The van der Waals surface area contributed by atoms with Crippen molar-refractivity contribution in [1.29, 1.82) is 0 Å². The molecule has 3 aromatic rings. The number of rotatable bonds is 4. The summed E-state index contributed by atoms with van der Waals surface area (Å²) in [5.41, 5.74) is 3.93. The van der Waals surface area contributed by atoms with E-state index in [1.54, 1.807) is 17.0 Å². The highest BCUT2D eigenvalue weighted by Gasteiger charge is 2.34. The van der Waals surface area contributed by atoms with E-state index in [1.807, 2.05) is 48.5 Å². The third kappa shape index (κ3) is 4.70. The van der Waals surface area contributed by atoms with Crippen LogP contribution < -0.4 is 10.2 Å². The van der Waals surface area contributed by atoms with E-state index in [0.29, 0.717) is 22.7 Å². The highest BCUT2D eigenvalue weighted by atomic mass is 32.2. The maximum atomic E-state index is 13.7. The van der Waals surface area contributed by atoms with Gasteiger partial charge in [-0.15, -0.1) is 11.8 Å². The van der Waals surface area contributed by atoms with Gasteiger partial charge in [0.25, 0.3) is 5.91 Å². The van der Waals surface area contributed by atoms with E-state index in [4.69, 9.17) is 0 Å². The van der Waals surface area contributed by atoms with Gasteiger partial charge in [0.05, 0.1) is 5.75 Å². The molecule has 1 aliphatic rings. The number of thioether (sulfide) groups is 1. The van der Waals surface area contributed by atoms with Gasteiger partial charge in [-0.3, -0.25) is 14.5 Å². The Balaban J connectivity index is 1.48. The van der Waals surface area contributed by atoms with E-state index in [2.05, 4.69) is 26.1 Å². The van der Waals surface area contributed by atoms with Gasteiger partial charge in [-0.1, -0.05) is 51.1 Å². The fraction of sp³-hybridized carbons (Fsp3) is 0.231. The van der Waals surface area contributed by atoms with Crippen molar-refractivity contribution in [3.63, 3.8) is 0 Å². The minimum Gasteiger partial charge on any atom is -0.322 e. The molecule has 1 atom stereocenters. The fourth-order valence-electron chi connectivity index (χ4n) is 3.63. The van der Waals surface area contributed by atoms with E-state index in [-0.39, 0.29) is 28.4 Å². The quantitative estimate of drug-likeness (QED) is 0.520. The molecule has 0 aliphatic carbocycles. The monoisotopic (exact) mass is 448 g/mol. The van der Waals surface area contributed by atoms with Crippen LogP contribution in [-0.2, 0) is 10.2 Å². The van der Waals surface area contributed by atoms with Crippen LogP contribution >= 0.6 is 11.8 Å². The van der Waals surface area contributed by atoms with E-state index < -0.39 is 0 Å². The Morgan fingerprint density at radius 2 is 1.72 bits per heavy atom. The Bertz CT molecular complexity index is 1140. The number of hydrogen-bond acceptors (Lipinski definition) is 3. The second kappa shape index (κ2) is 8.79. The standard InChI is InChI=1S/C26H25FN2O2S/c1-26(2,3)19-11-7-17(8-12-19)24(31)28-21-13-9-18(10-14-21)25-29(23(30)16-32-25)22-6-4-5-20(27)15-22/h4-15,25H,16H2,1-3H3,(H,28,31)/t25-/m1/s1. The van der Waals surface area contributed by atoms with Gasteiger partial charge in [0.2, 0.25) is 5.91 Å². The van der Waals surface area contributed by atoms with Crippen LogP contribution in [0.1, 0.15) is 47.6 Å². The maximum absolute atomic E-state index is 13.7. The lowest BCUT2D eigenvalue weighted by Crippen LogP contribution is -2.27. The van der Waals surface area contributed by atoms with Crippen molar-refractivity contribution in [3.8, 4) is 0 Å². The van der Waals surface area contributed by atoms with Gasteiger partial charge in [-0.25, -0.2) is 4.39 Å². The number of nitrogens with one attached hydrogen (secondary N) is 1. The molecule has 2 amide bonds. The minimum atomic E-state index is -0.375. The van der Waals surface area contributed by atoms with Crippen LogP contribution in [0.25, 0.3) is 0 Å². The highest BCUT2D eigenvalue weighted by Crippen LogP contribution is 2.42. The number of benzene rings is 3. The Labute approximate surface area is 191 Å². The molecular formula is C26H25FN2O2S. The summed E-state index contributed by atoms with van der Waals surface area (Å²) in [4.78, 5) is 26.7. The predicted octanol–water partition coefficient (Wildman–Crippen LogP) is 6.15. The maximum Gasteiger partial charge on any atom is 0.255 e. The number of amides is 2. The molecule has 0 spiro atoms.